The standard InChI is InChI=1S/C16H26N2O2/c1-16(2,3)14(17)11-15(20)18-13-8-4-6-12(10-13)7-5-9-19/h4,6,8,10,14,19H,5,7,9,11,17H2,1-3H3,(H,18,20). The van der Waals surface area contributed by atoms with Crippen LogP contribution in [0.1, 0.15) is 39.2 Å². The van der Waals surface area contributed by atoms with E-state index >= 15 is 0 Å². The van der Waals surface area contributed by atoms with Gasteiger partial charge in [0.2, 0.25) is 5.91 Å². The van der Waals surface area contributed by atoms with Gasteiger partial charge in [-0.25, -0.2) is 0 Å². The average Bonchev–Trinajstić information content (AvgIpc) is 2.35. The maximum atomic E-state index is 12.0. The van der Waals surface area contributed by atoms with E-state index < -0.39 is 0 Å². The van der Waals surface area contributed by atoms with E-state index in [1.54, 1.807) is 0 Å². The molecule has 1 aromatic rings. The van der Waals surface area contributed by atoms with Gasteiger partial charge in [-0.1, -0.05) is 32.9 Å². The summed E-state index contributed by atoms with van der Waals surface area (Å²) in [5.41, 5.74) is 7.82. The zero-order valence-electron chi connectivity index (χ0n) is 12.6. The zero-order valence-corrected chi connectivity index (χ0v) is 12.6. The fraction of sp³-hybridized carbons (Fsp3) is 0.562. The smallest absolute Gasteiger partial charge is 0.225 e. The molecule has 1 aromatic carbocycles. The lowest BCUT2D eigenvalue weighted by Crippen LogP contribution is -2.38. The van der Waals surface area contributed by atoms with Gasteiger partial charge in [-0.15, -0.1) is 0 Å². The number of carbonyl (C=O) groups excluding carboxylic acids is 1. The molecule has 0 bridgehead atoms. The molecule has 0 aliphatic heterocycles. The van der Waals surface area contributed by atoms with Crippen LogP contribution in [0.2, 0.25) is 0 Å². The SMILES string of the molecule is CC(C)(C)C(N)CC(=O)Nc1cccc(CCCO)c1. The third-order valence-corrected chi connectivity index (χ3v) is 3.35. The quantitative estimate of drug-likeness (QED) is 0.747. The van der Waals surface area contributed by atoms with E-state index in [1.807, 2.05) is 45.0 Å². The van der Waals surface area contributed by atoms with E-state index in [4.69, 9.17) is 10.8 Å². The first-order chi connectivity index (χ1) is 9.32. The van der Waals surface area contributed by atoms with E-state index in [1.165, 1.54) is 0 Å². The lowest BCUT2D eigenvalue weighted by molar-refractivity contribution is -0.117. The second kappa shape index (κ2) is 7.41. The molecule has 112 valence electrons. The molecule has 0 saturated carbocycles. The molecular weight excluding hydrogens is 252 g/mol. The van der Waals surface area contributed by atoms with E-state index in [0.29, 0.717) is 6.42 Å². The van der Waals surface area contributed by atoms with Crippen molar-refractivity contribution in [3.8, 4) is 0 Å². The monoisotopic (exact) mass is 278 g/mol. The second-order valence-corrected chi connectivity index (χ2v) is 6.25. The maximum absolute atomic E-state index is 12.0. The summed E-state index contributed by atoms with van der Waals surface area (Å²) >= 11 is 0. The van der Waals surface area contributed by atoms with Gasteiger partial charge < -0.3 is 16.2 Å². The molecule has 0 radical (unpaired) electrons. The first kappa shape index (κ1) is 16.7. The lowest BCUT2D eigenvalue weighted by atomic mass is 9.85. The number of benzene rings is 1. The number of anilines is 1. The summed E-state index contributed by atoms with van der Waals surface area (Å²) in [6.07, 6.45) is 1.85. The number of nitrogens with one attached hydrogen (secondary N) is 1. The molecule has 0 fully saturated rings. The lowest BCUT2D eigenvalue weighted by Gasteiger charge is -2.26. The van der Waals surface area contributed by atoms with Crippen molar-refractivity contribution in [2.75, 3.05) is 11.9 Å². The van der Waals surface area contributed by atoms with E-state index in [9.17, 15) is 4.79 Å². The Bertz CT molecular complexity index is 438. The van der Waals surface area contributed by atoms with Crippen LogP contribution < -0.4 is 11.1 Å². The van der Waals surface area contributed by atoms with E-state index in [2.05, 4.69) is 5.32 Å². The van der Waals surface area contributed by atoms with Crippen LogP contribution in [0.25, 0.3) is 0 Å². The molecule has 1 atom stereocenters. The van der Waals surface area contributed by atoms with E-state index in [-0.39, 0.29) is 24.0 Å². The minimum atomic E-state index is -0.167. The van der Waals surface area contributed by atoms with Crippen molar-refractivity contribution in [1.29, 1.82) is 0 Å². The third-order valence-electron chi connectivity index (χ3n) is 3.35. The van der Waals surface area contributed by atoms with Gasteiger partial charge in [-0.3, -0.25) is 4.79 Å². The molecule has 0 aromatic heterocycles. The summed E-state index contributed by atoms with van der Waals surface area (Å²) in [4.78, 5) is 12.0. The Kier molecular flexibility index (Phi) is 6.17. The van der Waals surface area contributed by atoms with Crippen LogP contribution in [0.4, 0.5) is 5.69 Å². The first-order valence-corrected chi connectivity index (χ1v) is 7.08. The third kappa shape index (κ3) is 5.72. The second-order valence-electron chi connectivity index (χ2n) is 6.25. The van der Waals surface area contributed by atoms with Crippen molar-refractivity contribution in [3.05, 3.63) is 29.8 Å². The molecule has 20 heavy (non-hydrogen) atoms. The summed E-state index contributed by atoms with van der Waals surface area (Å²) in [7, 11) is 0. The molecule has 1 unspecified atom stereocenters. The number of rotatable bonds is 6. The summed E-state index contributed by atoms with van der Waals surface area (Å²) in [6, 6.07) is 7.54. The highest BCUT2D eigenvalue weighted by molar-refractivity contribution is 5.91. The molecule has 1 amide bonds. The number of aliphatic hydroxyl groups is 1. The number of hydrogen-bond donors (Lipinski definition) is 3. The maximum Gasteiger partial charge on any atom is 0.225 e. The predicted molar refractivity (Wildman–Crippen MR) is 82.5 cm³/mol. The number of nitrogens with two attached hydrogens (primary N) is 1. The number of carbonyl (C=O) groups is 1. The summed E-state index contributed by atoms with van der Waals surface area (Å²) in [5.74, 6) is -0.0632. The summed E-state index contributed by atoms with van der Waals surface area (Å²) < 4.78 is 0. The molecule has 4 nitrogen and oxygen atoms in total. The van der Waals surface area contributed by atoms with Crippen LogP contribution in [-0.2, 0) is 11.2 Å². The summed E-state index contributed by atoms with van der Waals surface area (Å²) in [6.45, 7) is 6.26. The molecule has 1 rings (SSSR count). The van der Waals surface area contributed by atoms with E-state index in [0.717, 1.165) is 24.1 Å². The van der Waals surface area contributed by atoms with Crippen molar-refractivity contribution < 1.29 is 9.90 Å². The van der Waals surface area contributed by atoms with Gasteiger partial charge in [0.25, 0.3) is 0 Å². The van der Waals surface area contributed by atoms with Crippen LogP contribution >= 0.6 is 0 Å². The largest absolute Gasteiger partial charge is 0.396 e. The van der Waals surface area contributed by atoms with Gasteiger partial charge in [-0.05, 0) is 36.0 Å². The Hall–Kier alpha value is -1.39. The zero-order chi connectivity index (χ0) is 15.2. The number of aliphatic hydroxyl groups excluding tert-OH is 1. The molecule has 4 heteroatoms. The minimum Gasteiger partial charge on any atom is -0.396 e. The van der Waals surface area contributed by atoms with Gasteiger partial charge in [0.15, 0.2) is 0 Å². The van der Waals surface area contributed by atoms with Crippen LogP contribution in [0.3, 0.4) is 0 Å². The number of hydrogen-bond acceptors (Lipinski definition) is 3. The highest BCUT2D eigenvalue weighted by Gasteiger charge is 2.23. The van der Waals surface area contributed by atoms with Crippen LogP contribution in [-0.4, -0.2) is 23.7 Å². The Morgan fingerprint density at radius 2 is 2.10 bits per heavy atom. The van der Waals surface area contributed by atoms with Crippen molar-refractivity contribution in [2.45, 2.75) is 46.1 Å². The molecule has 0 aliphatic rings. The van der Waals surface area contributed by atoms with Gasteiger partial charge in [0, 0.05) is 24.8 Å². The van der Waals surface area contributed by atoms with Crippen molar-refractivity contribution in [3.63, 3.8) is 0 Å². The molecule has 4 N–H and O–H groups in total. The molecule has 0 saturated heterocycles. The van der Waals surface area contributed by atoms with Gasteiger partial charge >= 0.3 is 0 Å². The molecule has 0 aliphatic carbocycles. The Labute approximate surface area is 121 Å². The van der Waals surface area contributed by atoms with Gasteiger partial charge in [0.05, 0.1) is 0 Å². The minimum absolute atomic E-state index is 0.0632. The predicted octanol–water partition coefficient (Wildman–Crippen LogP) is 2.31. The summed E-state index contributed by atoms with van der Waals surface area (Å²) in [5, 5.41) is 11.7. The fourth-order valence-corrected chi connectivity index (χ4v) is 1.81. The van der Waals surface area contributed by atoms with Crippen molar-refractivity contribution >= 4 is 11.6 Å². The fourth-order valence-electron chi connectivity index (χ4n) is 1.81. The molecule has 0 spiro atoms. The number of aryl methyl sites for hydroxylation is 1. The Morgan fingerprint density at radius 3 is 2.70 bits per heavy atom. The molecule has 0 heterocycles. The first-order valence-electron chi connectivity index (χ1n) is 7.08. The number of amides is 1. The van der Waals surface area contributed by atoms with Crippen LogP contribution in [0, 0.1) is 5.41 Å². The van der Waals surface area contributed by atoms with Gasteiger partial charge in [0.1, 0.15) is 0 Å². The molecular formula is C16H26N2O2. The van der Waals surface area contributed by atoms with Crippen molar-refractivity contribution in [1.82, 2.24) is 0 Å². The topological polar surface area (TPSA) is 75.4 Å². The Morgan fingerprint density at radius 1 is 1.40 bits per heavy atom. The normalized spacial score (nSPS) is 13.1. The van der Waals surface area contributed by atoms with Crippen LogP contribution in [0.5, 0.6) is 0 Å². The highest BCUT2D eigenvalue weighted by Crippen LogP contribution is 2.20. The van der Waals surface area contributed by atoms with Gasteiger partial charge in [-0.2, -0.15) is 0 Å². The Balaban J connectivity index is 2.57. The van der Waals surface area contributed by atoms with Crippen molar-refractivity contribution in [2.24, 2.45) is 11.1 Å². The highest BCUT2D eigenvalue weighted by atomic mass is 16.2. The van der Waals surface area contributed by atoms with Crippen LogP contribution in [0.15, 0.2) is 24.3 Å². The average molecular weight is 278 g/mol.